The number of rotatable bonds is 0. The van der Waals surface area contributed by atoms with Crippen LogP contribution in [0, 0.1) is 45.8 Å². The summed E-state index contributed by atoms with van der Waals surface area (Å²) in [5, 5.41) is 8.43. The highest BCUT2D eigenvalue weighted by atomic mass is 19.1. The van der Waals surface area contributed by atoms with Gasteiger partial charge in [0.2, 0.25) is 0 Å². The molecule has 0 aromatic carbocycles. The zero-order valence-electron chi connectivity index (χ0n) is 16.1. The average Bonchev–Trinajstić information content (AvgIpc) is 2.90. The summed E-state index contributed by atoms with van der Waals surface area (Å²) in [4.78, 5) is 24.9. The molecule has 3 saturated carbocycles. The molecule has 4 heteroatoms. The molecule has 0 heterocycles. The van der Waals surface area contributed by atoms with E-state index in [0.29, 0.717) is 24.1 Å². The minimum atomic E-state index is -0.470. The fourth-order valence-electron chi connectivity index (χ4n) is 7.13. The lowest BCUT2D eigenvalue weighted by Crippen LogP contribution is -2.59. The van der Waals surface area contributed by atoms with E-state index in [2.05, 4.69) is 13.8 Å². The Bertz CT molecular complexity index is 781. The predicted molar refractivity (Wildman–Crippen MR) is 98.5 cm³/mol. The van der Waals surface area contributed by atoms with Crippen LogP contribution in [0.15, 0.2) is 23.6 Å². The second kappa shape index (κ2) is 5.46. The molecule has 4 aliphatic carbocycles. The maximum Gasteiger partial charge on any atom is 0.199 e. The number of allylic oxidation sites excluding steroid dienone is 3. The zero-order valence-corrected chi connectivity index (χ0v) is 16.1. The van der Waals surface area contributed by atoms with Gasteiger partial charge in [-0.05, 0) is 61.5 Å². The van der Waals surface area contributed by atoms with Crippen molar-refractivity contribution >= 4 is 17.3 Å². The smallest absolute Gasteiger partial charge is 0.199 e. The minimum Gasteiger partial charge on any atom is -0.301 e. The van der Waals surface area contributed by atoms with Crippen molar-refractivity contribution < 1.29 is 14.0 Å². The van der Waals surface area contributed by atoms with E-state index in [0.717, 1.165) is 24.8 Å². The molecular formula is C22H28FNO2. The Balaban J connectivity index is 1.90. The molecule has 4 aliphatic rings. The SMILES string of the molecule is CC1=CC(=O)C(=N)C2C(=CF)[C@@H](C)[C@@H]3[C@H](CC[C@]4(C)C(=O)CC[C@@H]34)[C@@]12C. The standard InChI is InChI=1S/C22H28FNO2/c1-11-9-16(25)20(24)19-13(10-23)12(2)18-14-5-6-17(26)21(14,3)8-7-15(18)22(11,19)4/h9-10,12,14-15,18-19,24H,5-8H2,1-4H3/t12-,14+,15+,18+,19?,21+,22-/m1/s1. The topological polar surface area (TPSA) is 58.0 Å². The second-order valence-corrected chi connectivity index (χ2v) is 9.43. The number of carbonyl (C=O) groups excluding carboxylic acids is 2. The van der Waals surface area contributed by atoms with Crippen LogP contribution >= 0.6 is 0 Å². The summed E-state index contributed by atoms with van der Waals surface area (Å²) in [7, 11) is 0. The quantitative estimate of drug-likeness (QED) is 0.685. The van der Waals surface area contributed by atoms with Crippen molar-refractivity contribution in [1.29, 1.82) is 5.41 Å². The Hall–Kier alpha value is -1.58. The van der Waals surface area contributed by atoms with Gasteiger partial charge in [0.05, 0.1) is 12.0 Å². The lowest BCUT2D eigenvalue weighted by atomic mass is 9.41. The maximum absolute atomic E-state index is 14.1. The zero-order chi connectivity index (χ0) is 19.0. The van der Waals surface area contributed by atoms with Gasteiger partial charge in [-0.3, -0.25) is 9.59 Å². The van der Waals surface area contributed by atoms with Gasteiger partial charge in [-0.25, -0.2) is 4.39 Å². The molecule has 0 aliphatic heterocycles. The van der Waals surface area contributed by atoms with Crippen molar-refractivity contribution in [2.75, 3.05) is 0 Å². The molecule has 3 fully saturated rings. The molecule has 0 spiro atoms. The third kappa shape index (κ3) is 1.91. The van der Waals surface area contributed by atoms with Gasteiger partial charge in [0, 0.05) is 23.2 Å². The van der Waals surface area contributed by atoms with Crippen molar-refractivity contribution in [2.24, 2.45) is 40.4 Å². The van der Waals surface area contributed by atoms with Gasteiger partial charge in [-0.15, -0.1) is 0 Å². The Labute approximate surface area is 154 Å². The molecule has 0 aromatic heterocycles. The van der Waals surface area contributed by atoms with E-state index >= 15 is 0 Å². The van der Waals surface area contributed by atoms with Crippen LogP contribution in [-0.2, 0) is 9.59 Å². The summed E-state index contributed by atoms with van der Waals surface area (Å²) in [5.74, 6) is 0.348. The highest BCUT2D eigenvalue weighted by Crippen LogP contribution is 2.67. The first-order chi connectivity index (χ1) is 12.2. The van der Waals surface area contributed by atoms with Crippen LogP contribution in [-0.4, -0.2) is 17.3 Å². The Morgan fingerprint density at radius 2 is 1.92 bits per heavy atom. The largest absolute Gasteiger partial charge is 0.301 e. The number of fused-ring (bicyclic) bond motifs is 5. The van der Waals surface area contributed by atoms with Crippen molar-refractivity contribution in [1.82, 2.24) is 0 Å². The highest BCUT2D eigenvalue weighted by molar-refractivity contribution is 6.45. The fraction of sp³-hybridized carbons (Fsp3) is 0.682. The minimum absolute atomic E-state index is 0.0307. The highest BCUT2D eigenvalue weighted by Gasteiger charge is 2.64. The van der Waals surface area contributed by atoms with Gasteiger partial charge < -0.3 is 5.41 Å². The molecule has 140 valence electrons. The first kappa shape index (κ1) is 17.8. The van der Waals surface area contributed by atoms with Crippen LogP contribution in [0.4, 0.5) is 4.39 Å². The summed E-state index contributed by atoms with van der Waals surface area (Å²) in [5.41, 5.74) is 0.895. The van der Waals surface area contributed by atoms with Crippen LogP contribution in [0.2, 0.25) is 0 Å². The van der Waals surface area contributed by atoms with E-state index in [1.54, 1.807) is 6.08 Å². The fourth-order valence-corrected chi connectivity index (χ4v) is 7.13. The summed E-state index contributed by atoms with van der Waals surface area (Å²) in [6.45, 7) is 8.24. The van der Waals surface area contributed by atoms with Gasteiger partial charge in [-0.1, -0.05) is 26.3 Å². The van der Waals surface area contributed by atoms with Crippen molar-refractivity contribution in [2.45, 2.75) is 53.4 Å². The van der Waals surface area contributed by atoms with Gasteiger partial charge >= 0.3 is 0 Å². The molecular weight excluding hydrogens is 329 g/mol. The van der Waals surface area contributed by atoms with Gasteiger partial charge in [-0.2, -0.15) is 0 Å². The summed E-state index contributed by atoms with van der Waals surface area (Å²) in [6.07, 6.45) is 5.56. The molecule has 0 saturated heterocycles. The van der Waals surface area contributed by atoms with Crippen LogP contribution < -0.4 is 0 Å². The van der Waals surface area contributed by atoms with Crippen LogP contribution in [0.1, 0.15) is 53.4 Å². The first-order valence-electron chi connectivity index (χ1n) is 9.83. The molecule has 0 amide bonds. The molecule has 0 aromatic rings. The number of carbonyl (C=O) groups is 2. The van der Waals surface area contributed by atoms with Crippen LogP contribution in [0.25, 0.3) is 0 Å². The number of Topliss-reactive ketones (excluding diaryl/α,β-unsaturated/α-hetero) is 1. The number of hydrogen-bond acceptors (Lipinski definition) is 3. The molecule has 4 rings (SSSR count). The number of nitrogens with one attached hydrogen (secondary N) is 1. The Morgan fingerprint density at radius 1 is 1.23 bits per heavy atom. The summed E-state index contributed by atoms with van der Waals surface area (Å²) in [6, 6.07) is 0. The molecule has 0 radical (unpaired) electrons. The Morgan fingerprint density at radius 3 is 2.58 bits per heavy atom. The van der Waals surface area contributed by atoms with E-state index in [1.165, 1.54) is 0 Å². The van der Waals surface area contributed by atoms with Crippen LogP contribution in [0.5, 0.6) is 0 Å². The molecule has 0 bridgehead atoms. The van der Waals surface area contributed by atoms with E-state index in [4.69, 9.17) is 5.41 Å². The summed E-state index contributed by atoms with van der Waals surface area (Å²) < 4.78 is 14.1. The van der Waals surface area contributed by atoms with Crippen molar-refractivity contribution in [3.63, 3.8) is 0 Å². The molecule has 3 nitrogen and oxygen atoms in total. The Kier molecular flexibility index (Phi) is 3.74. The average molecular weight is 357 g/mol. The lowest BCUT2D eigenvalue weighted by molar-refractivity contribution is -0.134. The van der Waals surface area contributed by atoms with Gasteiger partial charge in [0.1, 0.15) is 5.78 Å². The van der Waals surface area contributed by atoms with Crippen molar-refractivity contribution in [3.05, 3.63) is 23.6 Å². The first-order valence-corrected chi connectivity index (χ1v) is 9.83. The third-order valence-electron chi connectivity index (χ3n) is 8.73. The van der Waals surface area contributed by atoms with E-state index in [9.17, 15) is 14.0 Å². The third-order valence-corrected chi connectivity index (χ3v) is 8.73. The number of hydrogen-bond donors (Lipinski definition) is 1. The normalized spacial score (nSPS) is 49.6. The molecule has 1 N–H and O–H groups in total. The molecule has 26 heavy (non-hydrogen) atoms. The monoisotopic (exact) mass is 357 g/mol. The van der Waals surface area contributed by atoms with Gasteiger partial charge in [0.25, 0.3) is 0 Å². The second-order valence-electron chi connectivity index (χ2n) is 9.43. The van der Waals surface area contributed by atoms with Gasteiger partial charge in [0.15, 0.2) is 5.78 Å². The van der Waals surface area contributed by atoms with E-state index in [1.807, 2.05) is 13.8 Å². The summed E-state index contributed by atoms with van der Waals surface area (Å²) >= 11 is 0. The lowest BCUT2D eigenvalue weighted by Gasteiger charge is -2.61. The number of halogens is 1. The van der Waals surface area contributed by atoms with Crippen LogP contribution in [0.3, 0.4) is 0 Å². The van der Waals surface area contributed by atoms with Crippen molar-refractivity contribution in [3.8, 4) is 0 Å². The van der Waals surface area contributed by atoms with E-state index < -0.39 is 11.3 Å². The maximum atomic E-state index is 14.1. The predicted octanol–water partition coefficient (Wildman–Crippen LogP) is 4.67. The molecule has 1 unspecified atom stereocenters. The van der Waals surface area contributed by atoms with E-state index in [-0.39, 0.29) is 40.6 Å². The number of ketones is 2. The molecule has 7 atom stereocenters.